The van der Waals surface area contributed by atoms with Gasteiger partial charge in [-0.1, -0.05) is 12.1 Å². The molecule has 0 bridgehead atoms. The van der Waals surface area contributed by atoms with Gasteiger partial charge >= 0.3 is 0 Å². The number of amides is 1. The lowest BCUT2D eigenvalue weighted by atomic mass is 9.96. The van der Waals surface area contributed by atoms with E-state index in [1.165, 1.54) is 6.42 Å². The van der Waals surface area contributed by atoms with Crippen LogP contribution in [0, 0.1) is 0 Å². The van der Waals surface area contributed by atoms with Gasteiger partial charge in [0.15, 0.2) is 0 Å². The number of fused-ring (bicyclic) bond motifs is 1. The number of benzene rings is 1. The minimum Gasteiger partial charge on any atom is -0.474 e. The van der Waals surface area contributed by atoms with E-state index in [2.05, 4.69) is 20.5 Å². The molecule has 2 aliphatic rings. The number of pyridine rings is 1. The maximum atomic E-state index is 12.7. The summed E-state index contributed by atoms with van der Waals surface area (Å²) in [5.41, 5.74) is 5.25. The molecule has 0 atom stereocenters. The third-order valence-corrected chi connectivity index (χ3v) is 5.43. The average molecular weight is 390 g/mol. The number of aromatic nitrogens is 3. The van der Waals surface area contributed by atoms with Gasteiger partial charge in [-0.15, -0.1) is 0 Å². The molecule has 29 heavy (non-hydrogen) atoms. The number of anilines is 1. The normalized spacial score (nSPS) is 16.0. The minimum atomic E-state index is -0.199. The van der Waals surface area contributed by atoms with Gasteiger partial charge in [-0.05, 0) is 37.5 Å². The van der Waals surface area contributed by atoms with Crippen LogP contribution in [0.5, 0.6) is 5.88 Å². The van der Waals surface area contributed by atoms with Crippen LogP contribution in [-0.4, -0.2) is 33.8 Å². The van der Waals surface area contributed by atoms with E-state index in [-0.39, 0.29) is 12.0 Å². The third-order valence-electron chi connectivity index (χ3n) is 5.43. The predicted octanol–water partition coefficient (Wildman–Crippen LogP) is 3.73. The first kappa shape index (κ1) is 17.9. The molecule has 1 saturated carbocycles. The summed E-state index contributed by atoms with van der Waals surface area (Å²) in [6, 6.07) is 11.1. The van der Waals surface area contributed by atoms with Gasteiger partial charge in [-0.3, -0.25) is 9.89 Å². The number of rotatable bonds is 5. The van der Waals surface area contributed by atoms with Crippen molar-refractivity contribution < 1.29 is 14.3 Å². The van der Waals surface area contributed by atoms with Gasteiger partial charge < -0.3 is 14.8 Å². The van der Waals surface area contributed by atoms with Crippen LogP contribution in [0.15, 0.2) is 42.6 Å². The van der Waals surface area contributed by atoms with Gasteiger partial charge in [0.25, 0.3) is 5.91 Å². The first-order valence-corrected chi connectivity index (χ1v) is 9.94. The Morgan fingerprint density at radius 2 is 2.17 bits per heavy atom. The lowest BCUT2D eigenvalue weighted by Crippen LogP contribution is -2.25. The number of hydrogen-bond donors (Lipinski definition) is 2. The van der Waals surface area contributed by atoms with E-state index in [0.29, 0.717) is 30.3 Å². The van der Waals surface area contributed by atoms with E-state index in [0.717, 1.165) is 41.8 Å². The van der Waals surface area contributed by atoms with Crippen LogP contribution < -0.4 is 10.1 Å². The highest BCUT2D eigenvalue weighted by molar-refractivity contribution is 6.04. The topological polar surface area (TPSA) is 89.1 Å². The number of nitrogens with zero attached hydrogens (tertiary/aromatic N) is 2. The van der Waals surface area contributed by atoms with E-state index in [4.69, 9.17) is 9.47 Å². The zero-order valence-corrected chi connectivity index (χ0v) is 16.0. The Morgan fingerprint density at radius 1 is 1.24 bits per heavy atom. The molecule has 1 aliphatic heterocycles. The maximum Gasteiger partial charge on any atom is 0.255 e. The number of aromatic amines is 1. The standard InChI is InChI=1S/C22H22N4O3/c27-22(15-7-9-23-20(12-15)29-17-5-2-6-17)24-16-4-1-3-14(11-16)21-18-13-28-10-8-19(18)25-26-21/h1,3-4,7,9,11-12,17H,2,5-6,8,10,13H2,(H,24,27)(H,25,26). The summed E-state index contributed by atoms with van der Waals surface area (Å²) >= 11 is 0. The maximum absolute atomic E-state index is 12.7. The van der Waals surface area contributed by atoms with Crippen molar-refractivity contribution in [3.05, 3.63) is 59.4 Å². The summed E-state index contributed by atoms with van der Waals surface area (Å²) in [6.45, 7) is 1.27. The Kier molecular flexibility index (Phi) is 4.73. The highest BCUT2D eigenvalue weighted by Crippen LogP contribution is 2.29. The molecule has 3 heterocycles. The lowest BCUT2D eigenvalue weighted by Gasteiger charge is -2.25. The number of H-pyrrole nitrogens is 1. The zero-order chi connectivity index (χ0) is 19.6. The molecule has 2 aromatic heterocycles. The zero-order valence-electron chi connectivity index (χ0n) is 16.0. The van der Waals surface area contributed by atoms with Crippen LogP contribution in [0.4, 0.5) is 5.69 Å². The van der Waals surface area contributed by atoms with Crippen LogP contribution in [0.3, 0.4) is 0 Å². The molecule has 1 fully saturated rings. The quantitative estimate of drug-likeness (QED) is 0.693. The monoisotopic (exact) mass is 390 g/mol. The summed E-state index contributed by atoms with van der Waals surface area (Å²) in [7, 11) is 0. The van der Waals surface area contributed by atoms with Crippen molar-refractivity contribution in [2.24, 2.45) is 0 Å². The first-order chi connectivity index (χ1) is 14.3. The summed E-state index contributed by atoms with van der Waals surface area (Å²) in [6.07, 6.45) is 5.95. The number of nitrogens with one attached hydrogen (secondary N) is 2. The average Bonchev–Trinajstić information content (AvgIpc) is 3.15. The number of hydrogen-bond acceptors (Lipinski definition) is 5. The molecule has 7 nitrogen and oxygen atoms in total. The molecule has 0 unspecified atom stereocenters. The fourth-order valence-electron chi connectivity index (χ4n) is 3.57. The smallest absolute Gasteiger partial charge is 0.255 e. The Balaban J connectivity index is 1.33. The molecule has 7 heteroatoms. The molecule has 0 radical (unpaired) electrons. The fourth-order valence-corrected chi connectivity index (χ4v) is 3.57. The second-order valence-corrected chi connectivity index (χ2v) is 7.42. The Bertz CT molecular complexity index is 1040. The molecule has 1 aromatic carbocycles. The highest BCUT2D eigenvalue weighted by Gasteiger charge is 2.21. The molecule has 5 rings (SSSR count). The summed E-state index contributed by atoms with van der Waals surface area (Å²) in [5.74, 6) is 0.301. The number of ether oxygens (including phenoxy) is 2. The van der Waals surface area contributed by atoms with Crippen molar-refractivity contribution in [2.45, 2.75) is 38.4 Å². The van der Waals surface area contributed by atoms with Crippen molar-refractivity contribution in [3.8, 4) is 17.1 Å². The van der Waals surface area contributed by atoms with Crippen LogP contribution in [0.2, 0.25) is 0 Å². The van der Waals surface area contributed by atoms with E-state index >= 15 is 0 Å². The molecule has 2 N–H and O–H groups in total. The minimum absolute atomic E-state index is 0.199. The van der Waals surface area contributed by atoms with E-state index < -0.39 is 0 Å². The molecule has 1 amide bonds. The second-order valence-electron chi connectivity index (χ2n) is 7.42. The molecule has 3 aromatic rings. The van der Waals surface area contributed by atoms with E-state index in [1.807, 2.05) is 24.3 Å². The summed E-state index contributed by atoms with van der Waals surface area (Å²) in [5, 5.41) is 10.5. The Hall–Kier alpha value is -3.19. The summed E-state index contributed by atoms with van der Waals surface area (Å²) < 4.78 is 11.4. The van der Waals surface area contributed by atoms with Crippen LogP contribution in [0.1, 0.15) is 40.9 Å². The van der Waals surface area contributed by atoms with Crippen LogP contribution in [0.25, 0.3) is 11.3 Å². The molecule has 0 saturated heterocycles. The van der Waals surface area contributed by atoms with Crippen molar-refractivity contribution in [3.63, 3.8) is 0 Å². The first-order valence-electron chi connectivity index (χ1n) is 9.94. The van der Waals surface area contributed by atoms with Gasteiger partial charge in [-0.25, -0.2) is 4.98 Å². The Morgan fingerprint density at radius 3 is 3.03 bits per heavy atom. The predicted molar refractivity (Wildman–Crippen MR) is 108 cm³/mol. The van der Waals surface area contributed by atoms with Gasteiger partial charge in [0.05, 0.1) is 18.9 Å². The molecule has 148 valence electrons. The molecule has 1 aliphatic carbocycles. The number of carbonyl (C=O) groups is 1. The van der Waals surface area contributed by atoms with Gasteiger partial charge in [0, 0.05) is 46.8 Å². The van der Waals surface area contributed by atoms with E-state index in [9.17, 15) is 4.79 Å². The van der Waals surface area contributed by atoms with Gasteiger partial charge in [-0.2, -0.15) is 5.10 Å². The van der Waals surface area contributed by atoms with Crippen LogP contribution >= 0.6 is 0 Å². The van der Waals surface area contributed by atoms with Gasteiger partial charge in [0.2, 0.25) is 5.88 Å². The number of carbonyl (C=O) groups excluding carboxylic acids is 1. The molecular weight excluding hydrogens is 368 g/mol. The fraction of sp³-hybridized carbons (Fsp3) is 0.318. The molecule has 0 spiro atoms. The second kappa shape index (κ2) is 7.67. The summed E-state index contributed by atoms with van der Waals surface area (Å²) in [4.78, 5) is 16.9. The Labute approximate surface area is 168 Å². The third kappa shape index (κ3) is 3.73. The van der Waals surface area contributed by atoms with Crippen molar-refractivity contribution in [2.75, 3.05) is 11.9 Å². The van der Waals surface area contributed by atoms with E-state index in [1.54, 1.807) is 18.3 Å². The largest absolute Gasteiger partial charge is 0.474 e. The van der Waals surface area contributed by atoms with Crippen molar-refractivity contribution in [1.29, 1.82) is 0 Å². The van der Waals surface area contributed by atoms with Crippen molar-refractivity contribution >= 4 is 11.6 Å². The highest BCUT2D eigenvalue weighted by atomic mass is 16.5. The lowest BCUT2D eigenvalue weighted by molar-refractivity contribution is 0.101. The van der Waals surface area contributed by atoms with Gasteiger partial charge in [0.1, 0.15) is 6.10 Å². The van der Waals surface area contributed by atoms with Crippen molar-refractivity contribution in [1.82, 2.24) is 15.2 Å². The van der Waals surface area contributed by atoms with Crippen LogP contribution in [-0.2, 0) is 17.8 Å². The molecular formula is C22H22N4O3. The SMILES string of the molecule is O=C(Nc1cccc(-c2n[nH]c3c2COCC3)c1)c1ccnc(OC2CCC2)c1.